The van der Waals surface area contributed by atoms with Gasteiger partial charge in [-0.25, -0.2) is 4.90 Å². The summed E-state index contributed by atoms with van der Waals surface area (Å²) >= 11 is 7.38. The number of halogens is 1. The molecule has 0 bridgehead atoms. The molecule has 2 aliphatic rings. The molecule has 6 heteroatoms. The standard InChI is InChI=1S/C27H23ClN2O2S/c1-17-7-12-23(18(2)15-17)30-26(31)24(29-14-13-19-5-3-4-6-20(19)16-29)25(27(30)32)33-22-10-8-21(28)9-11-22/h3-12,15H,13-14,16H2,1-2H3. The molecule has 0 spiro atoms. The summed E-state index contributed by atoms with van der Waals surface area (Å²) in [5.74, 6) is -0.538. The van der Waals surface area contributed by atoms with E-state index in [9.17, 15) is 9.59 Å². The van der Waals surface area contributed by atoms with Crippen LogP contribution in [-0.4, -0.2) is 23.3 Å². The number of carbonyl (C=O) groups excluding carboxylic acids is 2. The van der Waals surface area contributed by atoms with Crippen LogP contribution in [0.3, 0.4) is 0 Å². The highest BCUT2D eigenvalue weighted by atomic mass is 35.5. The molecule has 3 aromatic rings. The van der Waals surface area contributed by atoms with Crippen LogP contribution < -0.4 is 4.90 Å². The first-order valence-electron chi connectivity index (χ1n) is 10.9. The second kappa shape index (κ2) is 8.73. The lowest BCUT2D eigenvalue weighted by atomic mass is 9.99. The number of benzene rings is 3. The molecule has 0 saturated carbocycles. The lowest BCUT2D eigenvalue weighted by molar-refractivity contribution is -0.121. The number of imide groups is 1. The van der Waals surface area contributed by atoms with Crippen molar-refractivity contribution in [2.24, 2.45) is 0 Å². The van der Waals surface area contributed by atoms with E-state index < -0.39 is 0 Å². The van der Waals surface area contributed by atoms with E-state index in [1.807, 2.05) is 56.3 Å². The van der Waals surface area contributed by atoms with Crippen molar-refractivity contribution in [2.45, 2.75) is 31.7 Å². The average Bonchev–Trinajstić information content (AvgIpc) is 3.04. The number of anilines is 1. The predicted octanol–water partition coefficient (Wildman–Crippen LogP) is 5.89. The largest absolute Gasteiger partial charge is 0.361 e. The molecular weight excluding hydrogens is 452 g/mol. The van der Waals surface area contributed by atoms with Gasteiger partial charge in [-0.05, 0) is 67.3 Å². The lowest BCUT2D eigenvalue weighted by Crippen LogP contribution is -2.37. The highest BCUT2D eigenvalue weighted by Gasteiger charge is 2.43. The van der Waals surface area contributed by atoms with Crippen LogP contribution in [-0.2, 0) is 22.6 Å². The molecule has 2 aliphatic heterocycles. The number of thioether (sulfide) groups is 1. The van der Waals surface area contributed by atoms with Crippen molar-refractivity contribution in [3.8, 4) is 0 Å². The SMILES string of the molecule is Cc1ccc(N2C(=O)C(Sc3ccc(Cl)cc3)=C(N3CCc4ccccc4C3)C2=O)c(C)c1. The van der Waals surface area contributed by atoms with Crippen molar-refractivity contribution in [3.05, 3.63) is 105 Å². The van der Waals surface area contributed by atoms with Crippen LogP contribution in [0.25, 0.3) is 0 Å². The number of amides is 2. The fraction of sp³-hybridized carbons (Fsp3) is 0.185. The maximum atomic E-state index is 13.8. The van der Waals surface area contributed by atoms with Gasteiger partial charge >= 0.3 is 0 Å². The molecule has 0 unspecified atom stereocenters. The second-order valence-corrected chi connectivity index (χ2v) is 9.93. The minimum Gasteiger partial charge on any atom is -0.361 e. The number of carbonyl (C=O) groups is 2. The van der Waals surface area contributed by atoms with Gasteiger partial charge in [0, 0.05) is 23.0 Å². The smallest absolute Gasteiger partial charge is 0.283 e. The summed E-state index contributed by atoms with van der Waals surface area (Å²) < 4.78 is 0. The van der Waals surface area contributed by atoms with E-state index in [0.29, 0.717) is 34.4 Å². The third-order valence-electron chi connectivity index (χ3n) is 6.09. The summed E-state index contributed by atoms with van der Waals surface area (Å²) in [6.45, 7) is 5.23. The van der Waals surface area contributed by atoms with Crippen molar-refractivity contribution in [2.75, 3.05) is 11.4 Å². The van der Waals surface area contributed by atoms with Gasteiger partial charge in [-0.3, -0.25) is 9.59 Å². The first-order valence-corrected chi connectivity index (χ1v) is 12.1. The summed E-state index contributed by atoms with van der Waals surface area (Å²) in [6.07, 6.45) is 0.837. The fourth-order valence-electron chi connectivity index (χ4n) is 4.45. The van der Waals surface area contributed by atoms with Crippen LogP contribution in [0.2, 0.25) is 5.02 Å². The number of aryl methyl sites for hydroxylation is 2. The average molecular weight is 475 g/mol. The highest BCUT2D eigenvalue weighted by Crippen LogP contribution is 2.41. The van der Waals surface area contributed by atoms with Crippen molar-refractivity contribution in [1.82, 2.24) is 4.90 Å². The van der Waals surface area contributed by atoms with Gasteiger partial charge in [-0.15, -0.1) is 0 Å². The third kappa shape index (κ3) is 4.07. The Hall–Kier alpha value is -3.02. The van der Waals surface area contributed by atoms with Gasteiger partial charge in [0.15, 0.2) is 0 Å². The number of hydrogen-bond acceptors (Lipinski definition) is 4. The van der Waals surface area contributed by atoms with Gasteiger partial charge in [0.05, 0.1) is 5.69 Å². The molecule has 2 heterocycles. The molecule has 0 aliphatic carbocycles. The van der Waals surface area contributed by atoms with Crippen molar-refractivity contribution in [3.63, 3.8) is 0 Å². The van der Waals surface area contributed by atoms with E-state index in [2.05, 4.69) is 17.0 Å². The molecule has 0 radical (unpaired) electrons. The van der Waals surface area contributed by atoms with Crippen LogP contribution in [0.15, 0.2) is 82.2 Å². The topological polar surface area (TPSA) is 40.6 Å². The Balaban J connectivity index is 1.57. The molecule has 166 valence electrons. The van der Waals surface area contributed by atoms with Gasteiger partial charge in [0.25, 0.3) is 11.8 Å². The Morgan fingerprint density at radius 1 is 0.879 bits per heavy atom. The molecule has 0 atom stereocenters. The first-order chi connectivity index (χ1) is 15.9. The minimum absolute atomic E-state index is 0.261. The predicted molar refractivity (Wildman–Crippen MR) is 133 cm³/mol. The number of rotatable bonds is 4. The van der Waals surface area contributed by atoms with E-state index in [1.54, 1.807) is 12.1 Å². The van der Waals surface area contributed by atoms with Crippen molar-refractivity contribution >= 4 is 40.9 Å². The molecule has 0 fully saturated rings. The monoisotopic (exact) mass is 474 g/mol. The quantitative estimate of drug-likeness (QED) is 0.442. The normalized spacial score (nSPS) is 16.0. The van der Waals surface area contributed by atoms with Crippen molar-refractivity contribution < 1.29 is 9.59 Å². The zero-order valence-corrected chi connectivity index (χ0v) is 20.0. The zero-order valence-electron chi connectivity index (χ0n) is 18.5. The molecule has 0 N–H and O–H groups in total. The fourth-order valence-corrected chi connectivity index (χ4v) is 5.58. The Morgan fingerprint density at radius 2 is 1.61 bits per heavy atom. The lowest BCUT2D eigenvalue weighted by Gasteiger charge is -2.31. The van der Waals surface area contributed by atoms with Gasteiger partial charge in [-0.1, -0.05) is 65.3 Å². The molecule has 3 aromatic carbocycles. The first kappa shape index (κ1) is 21.8. The summed E-state index contributed by atoms with van der Waals surface area (Å²) in [7, 11) is 0. The molecule has 4 nitrogen and oxygen atoms in total. The third-order valence-corrected chi connectivity index (χ3v) is 7.42. The van der Waals surface area contributed by atoms with Crippen LogP contribution >= 0.6 is 23.4 Å². The summed E-state index contributed by atoms with van der Waals surface area (Å²) in [5.41, 5.74) is 5.60. The Kier molecular flexibility index (Phi) is 5.77. The van der Waals surface area contributed by atoms with Crippen LogP contribution in [0.4, 0.5) is 5.69 Å². The van der Waals surface area contributed by atoms with Gasteiger partial charge < -0.3 is 4.90 Å². The van der Waals surface area contributed by atoms with Crippen molar-refractivity contribution in [1.29, 1.82) is 0 Å². The molecule has 2 amide bonds. The maximum Gasteiger partial charge on any atom is 0.283 e. The van der Waals surface area contributed by atoms with Gasteiger partial charge in [0.2, 0.25) is 0 Å². The van der Waals surface area contributed by atoms with E-state index in [0.717, 1.165) is 22.4 Å². The second-order valence-electron chi connectivity index (χ2n) is 8.41. The van der Waals surface area contributed by atoms with Gasteiger partial charge in [0.1, 0.15) is 10.6 Å². The number of hydrogen-bond donors (Lipinski definition) is 0. The summed E-state index contributed by atoms with van der Waals surface area (Å²) in [4.78, 5) is 32.2. The van der Waals surface area contributed by atoms with Crippen LogP contribution in [0.5, 0.6) is 0 Å². The minimum atomic E-state index is -0.277. The Bertz CT molecular complexity index is 1300. The number of fused-ring (bicyclic) bond motifs is 1. The number of nitrogens with zero attached hydrogens (tertiary/aromatic N) is 2. The van der Waals surface area contributed by atoms with E-state index >= 15 is 0 Å². The summed E-state index contributed by atoms with van der Waals surface area (Å²) in [6, 6.07) is 21.4. The zero-order chi connectivity index (χ0) is 23.1. The molecular formula is C27H23ClN2O2S. The molecule has 0 saturated heterocycles. The van der Waals surface area contributed by atoms with E-state index in [1.165, 1.54) is 27.8 Å². The highest BCUT2D eigenvalue weighted by molar-refractivity contribution is 8.04. The Labute approximate surface area is 202 Å². The van der Waals surface area contributed by atoms with Gasteiger partial charge in [-0.2, -0.15) is 0 Å². The van der Waals surface area contributed by atoms with E-state index in [-0.39, 0.29) is 11.8 Å². The van der Waals surface area contributed by atoms with E-state index in [4.69, 9.17) is 11.6 Å². The summed E-state index contributed by atoms with van der Waals surface area (Å²) in [5, 5.41) is 0.631. The molecule has 0 aromatic heterocycles. The van der Waals surface area contributed by atoms with Crippen LogP contribution in [0.1, 0.15) is 22.3 Å². The maximum absolute atomic E-state index is 13.8. The molecule has 33 heavy (non-hydrogen) atoms. The van der Waals surface area contributed by atoms with Crippen LogP contribution in [0, 0.1) is 13.8 Å². The molecule has 5 rings (SSSR count). The Morgan fingerprint density at radius 3 is 2.33 bits per heavy atom.